The number of carbonyl (C=O) groups excluding carboxylic acids is 1. The van der Waals surface area contributed by atoms with Gasteiger partial charge in [-0.3, -0.25) is 9.78 Å². The Morgan fingerprint density at radius 2 is 1.92 bits per heavy atom. The summed E-state index contributed by atoms with van der Waals surface area (Å²) in [6.45, 7) is 0. The minimum atomic E-state index is -0.0452. The van der Waals surface area contributed by atoms with E-state index in [1.54, 1.807) is 30.6 Å². The average Bonchev–Trinajstić information content (AvgIpc) is 2.71. The van der Waals surface area contributed by atoms with Gasteiger partial charge in [0.15, 0.2) is 5.78 Å². The average molecular weight is 173 g/mol. The number of ketones is 1. The predicted octanol–water partition coefficient (Wildman–Crippen LogP) is 1.91. The monoisotopic (exact) mass is 173 g/mol. The molecule has 2 rings (SSSR count). The van der Waals surface area contributed by atoms with E-state index < -0.39 is 0 Å². The van der Waals surface area contributed by atoms with Gasteiger partial charge in [0.2, 0.25) is 0 Å². The topological polar surface area (TPSA) is 43.1 Å². The van der Waals surface area contributed by atoms with Gasteiger partial charge in [-0.2, -0.15) is 0 Å². The van der Waals surface area contributed by atoms with E-state index in [2.05, 4.69) is 4.98 Å². The highest BCUT2D eigenvalue weighted by Gasteiger charge is 2.08. The van der Waals surface area contributed by atoms with Gasteiger partial charge in [0.25, 0.3) is 0 Å². The number of hydrogen-bond acceptors (Lipinski definition) is 3. The number of furan rings is 1. The molecule has 13 heavy (non-hydrogen) atoms. The second kappa shape index (κ2) is 3.23. The molecule has 0 unspecified atom stereocenters. The predicted molar refractivity (Wildman–Crippen MR) is 46.4 cm³/mol. The molecule has 0 atom stereocenters. The molecule has 0 saturated carbocycles. The third-order valence-electron chi connectivity index (χ3n) is 1.73. The lowest BCUT2D eigenvalue weighted by atomic mass is 10.1. The first-order valence-corrected chi connectivity index (χ1v) is 3.85. The Labute approximate surface area is 75.0 Å². The Balaban J connectivity index is 2.34. The number of pyridine rings is 1. The first-order chi connectivity index (χ1) is 6.38. The van der Waals surface area contributed by atoms with Crippen LogP contribution >= 0.6 is 0 Å². The van der Waals surface area contributed by atoms with Crippen LogP contribution in [0.2, 0.25) is 0 Å². The molecule has 0 aliphatic carbocycles. The highest BCUT2D eigenvalue weighted by atomic mass is 16.3. The molecule has 2 heterocycles. The van der Waals surface area contributed by atoms with E-state index >= 15 is 0 Å². The van der Waals surface area contributed by atoms with Crippen LogP contribution in [-0.2, 0) is 0 Å². The van der Waals surface area contributed by atoms with Crippen molar-refractivity contribution in [2.24, 2.45) is 0 Å². The second-order valence-electron chi connectivity index (χ2n) is 2.58. The van der Waals surface area contributed by atoms with Crippen molar-refractivity contribution in [3.8, 4) is 0 Å². The van der Waals surface area contributed by atoms with Crippen molar-refractivity contribution >= 4 is 5.78 Å². The zero-order valence-electron chi connectivity index (χ0n) is 6.81. The van der Waals surface area contributed by atoms with Gasteiger partial charge in [-0.1, -0.05) is 0 Å². The molecule has 0 spiro atoms. The van der Waals surface area contributed by atoms with Crippen molar-refractivity contribution in [3.63, 3.8) is 0 Å². The molecule has 0 amide bonds. The summed E-state index contributed by atoms with van der Waals surface area (Å²) < 4.78 is 4.82. The summed E-state index contributed by atoms with van der Waals surface area (Å²) in [5.74, 6) is -0.0452. The Morgan fingerprint density at radius 3 is 2.54 bits per heavy atom. The van der Waals surface area contributed by atoms with Gasteiger partial charge in [0.1, 0.15) is 6.26 Å². The SMILES string of the molecule is O=C(c1ccncc1)c1ccoc1. The maximum absolute atomic E-state index is 11.6. The van der Waals surface area contributed by atoms with Gasteiger partial charge < -0.3 is 4.42 Å². The summed E-state index contributed by atoms with van der Waals surface area (Å²) in [7, 11) is 0. The molecule has 0 N–H and O–H groups in total. The molecule has 64 valence electrons. The van der Waals surface area contributed by atoms with Crippen LogP contribution in [-0.4, -0.2) is 10.8 Å². The molecule has 2 aromatic heterocycles. The molecule has 0 fully saturated rings. The third-order valence-corrected chi connectivity index (χ3v) is 1.73. The number of carbonyl (C=O) groups is 1. The van der Waals surface area contributed by atoms with E-state index in [0.29, 0.717) is 11.1 Å². The van der Waals surface area contributed by atoms with Crippen LogP contribution in [0, 0.1) is 0 Å². The third kappa shape index (κ3) is 1.49. The van der Waals surface area contributed by atoms with E-state index in [-0.39, 0.29) is 5.78 Å². The summed E-state index contributed by atoms with van der Waals surface area (Å²) in [5, 5.41) is 0. The highest BCUT2D eigenvalue weighted by Crippen LogP contribution is 2.08. The summed E-state index contributed by atoms with van der Waals surface area (Å²) in [4.78, 5) is 15.5. The Hall–Kier alpha value is -1.90. The Kier molecular flexibility index (Phi) is 1.92. The maximum atomic E-state index is 11.6. The largest absolute Gasteiger partial charge is 0.472 e. The van der Waals surface area contributed by atoms with Crippen LogP contribution in [0.25, 0.3) is 0 Å². The lowest BCUT2D eigenvalue weighted by molar-refractivity contribution is 0.103. The molecule has 0 aliphatic rings. The first-order valence-electron chi connectivity index (χ1n) is 3.85. The van der Waals surface area contributed by atoms with Crippen LogP contribution in [0.4, 0.5) is 0 Å². The van der Waals surface area contributed by atoms with Gasteiger partial charge in [-0.15, -0.1) is 0 Å². The summed E-state index contributed by atoms with van der Waals surface area (Å²) in [6, 6.07) is 4.99. The fourth-order valence-corrected chi connectivity index (χ4v) is 1.06. The van der Waals surface area contributed by atoms with Crippen LogP contribution < -0.4 is 0 Å². The molecule has 0 bridgehead atoms. The lowest BCUT2D eigenvalue weighted by Crippen LogP contribution is -1.98. The molecular formula is C10H7NO2. The standard InChI is InChI=1S/C10H7NO2/c12-10(9-3-6-13-7-9)8-1-4-11-5-2-8/h1-7H. The molecule has 3 nitrogen and oxygen atoms in total. The maximum Gasteiger partial charge on any atom is 0.196 e. The minimum Gasteiger partial charge on any atom is -0.472 e. The molecule has 0 saturated heterocycles. The van der Waals surface area contributed by atoms with Crippen LogP contribution in [0.1, 0.15) is 15.9 Å². The summed E-state index contributed by atoms with van der Waals surface area (Å²) >= 11 is 0. The van der Waals surface area contributed by atoms with E-state index in [0.717, 1.165) is 0 Å². The van der Waals surface area contributed by atoms with Crippen LogP contribution in [0.15, 0.2) is 47.5 Å². The molecule has 0 radical (unpaired) electrons. The lowest BCUT2D eigenvalue weighted by Gasteiger charge is -1.94. The van der Waals surface area contributed by atoms with Crippen molar-refractivity contribution in [2.75, 3.05) is 0 Å². The van der Waals surface area contributed by atoms with Crippen molar-refractivity contribution in [1.82, 2.24) is 4.98 Å². The number of hydrogen-bond donors (Lipinski definition) is 0. The fraction of sp³-hybridized carbons (Fsp3) is 0. The molecule has 0 aliphatic heterocycles. The Bertz CT molecular complexity index is 392. The first kappa shape index (κ1) is 7.73. The van der Waals surface area contributed by atoms with Crippen LogP contribution in [0.5, 0.6) is 0 Å². The summed E-state index contributed by atoms with van der Waals surface area (Å²) in [6.07, 6.45) is 6.10. The van der Waals surface area contributed by atoms with Crippen molar-refractivity contribution in [3.05, 3.63) is 54.2 Å². The van der Waals surface area contributed by atoms with Gasteiger partial charge in [0.05, 0.1) is 11.8 Å². The second-order valence-corrected chi connectivity index (χ2v) is 2.58. The highest BCUT2D eigenvalue weighted by molar-refractivity contribution is 6.08. The summed E-state index contributed by atoms with van der Waals surface area (Å²) in [5.41, 5.74) is 1.18. The van der Waals surface area contributed by atoms with Gasteiger partial charge >= 0.3 is 0 Å². The fourth-order valence-electron chi connectivity index (χ4n) is 1.06. The number of rotatable bonds is 2. The zero-order chi connectivity index (χ0) is 9.10. The number of nitrogens with zero attached hydrogens (tertiary/aromatic N) is 1. The Morgan fingerprint density at radius 1 is 1.15 bits per heavy atom. The van der Waals surface area contributed by atoms with E-state index in [4.69, 9.17) is 4.42 Å². The van der Waals surface area contributed by atoms with Gasteiger partial charge in [0, 0.05) is 18.0 Å². The van der Waals surface area contributed by atoms with Gasteiger partial charge in [-0.05, 0) is 18.2 Å². The van der Waals surface area contributed by atoms with E-state index in [1.165, 1.54) is 12.5 Å². The van der Waals surface area contributed by atoms with Gasteiger partial charge in [-0.25, -0.2) is 0 Å². The van der Waals surface area contributed by atoms with Crippen LogP contribution in [0.3, 0.4) is 0 Å². The van der Waals surface area contributed by atoms with Crippen molar-refractivity contribution < 1.29 is 9.21 Å². The molecule has 0 aromatic carbocycles. The van der Waals surface area contributed by atoms with E-state index in [1.807, 2.05) is 0 Å². The quantitative estimate of drug-likeness (QED) is 0.651. The van der Waals surface area contributed by atoms with Crippen molar-refractivity contribution in [2.45, 2.75) is 0 Å². The molecule has 2 aromatic rings. The minimum absolute atomic E-state index is 0.0452. The van der Waals surface area contributed by atoms with Crippen molar-refractivity contribution in [1.29, 1.82) is 0 Å². The smallest absolute Gasteiger partial charge is 0.196 e. The zero-order valence-corrected chi connectivity index (χ0v) is 6.81. The molecular weight excluding hydrogens is 166 g/mol. The normalized spacial score (nSPS) is 9.85. The molecule has 3 heteroatoms. The number of aromatic nitrogens is 1. The van der Waals surface area contributed by atoms with E-state index in [9.17, 15) is 4.79 Å².